The van der Waals surface area contributed by atoms with Gasteiger partial charge in [0.05, 0.1) is 24.1 Å². The van der Waals surface area contributed by atoms with Crippen LogP contribution >= 0.6 is 0 Å². The van der Waals surface area contributed by atoms with Crippen molar-refractivity contribution < 1.29 is 9.26 Å². The number of fused-ring (bicyclic) bond motifs is 1. The molecule has 142 valence electrons. The minimum Gasteiger partial charge on any atom is -0.372 e. The van der Waals surface area contributed by atoms with Crippen molar-refractivity contribution in [3.8, 4) is 22.5 Å². The van der Waals surface area contributed by atoms with Crippen LogP contribution in [-0.2, 0) is 4.74 Å². The van der Waals surface area contributed by atoms with Crippen LogP contribution in [0.5, 0.6) is 0 Å². The number of aromatic nitrogens is 5. The molecule has 28 heavy (non-hydrogen) atoms. The molecule has 4 heterocycles. The SMILES string of the molecule is C[C@@H]1CN(c2ccc3ncc(-c4ccc(-c5conn5)cc4)n3n2)C[C@H](C)O1. The van der Waals surface area contributed by atoms with E-state index in [4.69, 9.17) is 14.4 Å². The van der Waals surface area contributed by atoms with Crippen molar-refractivity contribution in [2.75, 3.05) is 18.0 Å². The fourth-order valence-corrected chi connectivity index (χ4v) is 3.70. The third kappa shape index (κ3) is 3.01. The van der Waals surface area contributed by atoms with E-state index in [-0.39, 0.29) is 12.2 Å². The standard InChI is InChI=1S/C20H20N6O2/c1-13-10-25(11-14(2)28-13)20-8-7-19-21-9-18(26(19)23-20)16-5-3-15(4-6-16)17-12-27-24-22-17/h3-9,12-14H,10-11H2,1-2H3/t13-,14+. The van der Waals surface area contributed by atoms with E-state index in [1.165, 1.54) is 6.26 Å². The first kappa shape index (κ1) is 16.9. The molecule has 0 spiro atoms. The number of hydrogen-bond acceptors (Lipinski definition) is 7. The van der Waals surface area contributed by atoms with E-state index in [0.717, 1.165) is 41.4 Å². The Morgan fingerprint density at radius 2 is 1.71 bits per heavy atom. The first-order chi connectivity index (χ1) is 13.7. The number of ether oxygens (including phenoxy) is 1. The fraction of sp³-hybridized carbons (Fsp3) is 0.300. The van der Waals surface area contributed by atoms with Gasteiger partial charge in [-0.1, -0.05) is 24.3 Å². The number of nitrogens with zero attached hydrogens (tertiary/aromatic N) is 6. The summed E-state index contributed by atoms with van der Waals surface area (Å²) in [6.45, 7) is 5.84. The second-order valence-electron chi connectivity index (χ2n) is 7.13. The molecule has 8 heteroatoms. The molecule has 1 aliphatic rings. The van der Waals surface area contributed by atoms with Gasteiger partial charge in [0.25, 0.3) is 0 Å². The first-order valence-corrected chi connectivity index (χ1v) is 9.30. The summed E-state index contributed by atoms with van der Waals surface area (Å²) < 4.78 is 12.6. The van der Waals surface area contributed by atoms with Crippen LogP contribution in [0.1, 0.15) is 13.8 Å². The van der Waals surface area contributed by atoms with Gasteiger partial charge in [-0.15, -0.1) is 10.2 Å². The third-order valence-electron chi connectivity index (χ3n) is 4.93. The Labute approximate surface area is 161 Å². The van der Waals surface area contributed by atoms with Crippen molar-refractivity contribution in [1.82, 2.24) is 25.0 Å². The molecule has 3 aromatic heterocycles. The van der Waals surface area contributed by atoms with Crippen LogP contribution in [-0.4, -0.2) is 50.3 Å². The summed E-state index contributed by atoms with van der Waals surface area (Å²) in [6.07, 6.45) is 3.74. The molecule has 4 aromatic rings. The van der Waals surface area contributed by atoms with Crippen molar-refractivity contribution in [3.05, 3.63) is 48.9 Å². The minimum atomic E-state index is 0.182. The molecule has 5 rings (SSSR count). The van der Waals surface area contributed by atoms with Crippen LogP contribution in [0, 0.1) is 0 Å². The molecule has 0 unspecified atom stereocenters. The molecule has 0 amide bonds. The molecule has 0 aliphatic carbocycles. The zero-order valence-electron chi connectivity index (χ0n) is 15.7. The lowest BCUT2D eigenvalue weighted by Gasteiger charge is -2.35. The van der Waals surface area contributed by atoms with Crippen LogP contribution in [0.2, 0.25) is 0 Å². The molecule has 0 saturated carbocycles. The molecular formula is C20H20N6O2. The van der Waals surface area contributed by atoms with Gasteiger partial charge >= 0.3 is 0 Å². The maximum absolute atomic E-state index is 5.84. The Morgan fingerprint density at radius 1 is 0.964 bits per heavy atom. The highest BCUT2D eigenvalue weighted by Gasteiger charge is 2.23. The quantitative estimate of drug-likeness (QED) is 0.543. The number of hydrogen-bond donors (Lipinski definition) is 0. The van der Waals surface area contributed by atoms with E-state index in [1.54, 1.807) is 0 Å². The Bertz CT molecular complexity index is 1080. The molecule has 2 atom stereocenters. The van der Waals surface area contributed by atoms with Crippen molar-refractivity contribution in [3.63, 3.8) is 0 Å². The van der Waals surface area contributed by atoms with Gasteiger partial charge in [0, 0.05) is 29.5 Å². The van der Waals surface area contributed by atoms with Gasteiger partial charge in [0.1, 0.15) is 11.5 Å². The number of morpholine rings is 1. The lowest BCUT2D eigenvalue weighted by Crippen LogP contribution is -2.46. The normalized spacial score (nSPS) is 20.0. The maximum Gasteiger partial charge on any atom is 0.154 e. The molecule has 1 aromatic carbocycles. The summed E-state index contributed by atoms with van der Waals surface area (Å²) in [7, 11) is 0. The summed E-state index contributed by atoms with van der Waals surface area (Å²) in [5.41, 5.74) is 4.44. The topological polar surface area (TPSA) is 81.6 Å². The summed E-state index contributed by atoms with van der Waals surface area (Å²) in [5.74, 6) is 0.930. The monoisotopic (exact) mass is 376 g/mol. The maximum atomic E-state index is 5.84. The van der Waals surface area contributed by atoms with E-state index < -0.39 is 0 Å². The predicted octanol–water partition coefficient (Wildman–Crippen LogP) is 3.06. The molecular weight excluding hydrogens is 356 g/mol. The van der Waals surface area contributed by atoms with E-state index in [1.807, 2.05) is 47.1 Å². The summed E-state index contributed by atoms with van der Waals surface area (Å²) in [5, 5.41) is 12.3. The van der Waals surface area contributed by atoms with Crippen LogP contribution < -0.4 is 4.90 Å². The molecule has 0 bridgehead atoms. The second kappa shape index (κ2) is 6.72. The van der Waals surface area contributed by atoms with Gasteiger partial charge in [-0.2, -0.15) is 0 Å². The summed E-state index contributed by atoms with van der Waals surface area (Å²) in [4.78, 5) is 6.77. The zero-order chi connectivity index (χ0) is 19.1. The largest absolute Gasteiger partial charge is 0.372 e. The Hall–Kier alpha value is -3.26. The third-order valence-corrected chi connectivity index (χ3v) is 4.93. The molecule has 8 nitrogen and oxygen atoms in total. The van der Waals surface area contributed by atoms with E-state index >= 15 is 0 Å². The average molecular weight is 376 g/mol. The average Bonchev–Trinajstić information content (AvgIpc) is 3.37. The van der Waals surface area contributed by atoms with Gasteiger partial charge in [-0.25, -0.2) is 9.50 Å². The Kier molecular flexibility index (Phi) is 4.05. The smallest absolute Gasteiger partial charge is 0.154 e. The van der Waals surface area contributed by atoms with E-state index in [0.29, 0.717) is 5.69 Å². The Morgan fingerprint density at radius 3 is 2.43 bits per heavy atom. The zero-order valence-corrected chi connectivity index (χ0v) is 15.7. The summed E-state index contributed by atoms with van der Waals surface area (Å²) >= 11 is 0. The second-order valence-corrected chi connectivity index (χ2v) is 7.13. The number of rotatable bonds is 3. The number of benzene rings is 1. The van der Waals surface area contributed by atoms with Crippen molar-refractivity contribution in [2.45, 2.75) is 26.1 Å². The van der Waals surface area contributed by atoms with E-state index in [9.17, 15) is 0 Å². The van der Waals surface area contributed by atoms with Crippen molar-refractivity contribution in [1.29, 1.82) is 0 Å². The van der Waals surface area contributed by atoms with Crippen molar-refractivity contribution >= 4 is 11.5 Å². The highest BCUT2D eigenvalue weighted by Crippen LogP contribution is 2.25. The predicted molar refractivity (Wildman–Crippen MR) is 104 cm³/mol. The first-order valence-electron chi connectivity index (χ1n) is 9.30. The lowest BCUT2D eigenvalue weighted by molar-refractivity contribution is -0.00551. The molecule has 0 radical (unpaired) electrons. The highest BCUT2D eigenvalue weighted by atomic mass is 16.5. The minimum absolute atomic E-state index is 0.182. The highest BCUT2D eigenvalue weighted by molar-refractivity contribution is 5.68. The van der Waals surface area contributed by atoms with Gasteiger partial charge < -0.3 is 14.2 Å². The fourth-order valence-electron chi connectivity index (χ4n) is 3.70. The lowest BCUT2D eigenvalue weighted by atomic mass is 10.1. The molecule has 1 saturated heterocycles. The van der Waals surface area contributed by atoms with Crippen LogP contribution in [0.15, 0.2) is 53.4 Å². The van der Waals surface area contributed by atoms with Gasteiger partial charge in [0.2, 0.25) is 0 Å². The van der Waals surface area contributed by atoms with Gasteiger partial charge in [-0.3, -0.25) is 0 Å². The molecule has 0 N–H and O–H groups in total. The number of anilines is 1. The summed E-state index contributed by atoms with van der Waals surface area (Å²) in [6, 6.07) is 12.1. The van der Waals surface area contributed by atoms with Crippen LogP contribution in [0.4, 0.5) is 5.82 Å². The van der Waals surface area contributed by atoms with Crippen LogP contribution in [0.25, 0.3) is 28.2 Å². The number of imidazole rings is 1. The van der Waals surface area contributed by atoms with Gasteiger partial charge in [-0.05, 0) is 26.0 Å². The van der Waals surface area contributed by atoms with Crippen LogP contribution in [0.3, 0.4) is 0 Å². The molecule has 1 aliphatic heterocycles. The Balaban J connectivity index is 1.50. The van der Waals surface area contributed by atoms with Crippen molar-refractivity contribution in [2.24, 2.45) is 0 Å². The van der Waals surface area contributed by atoms with Gasteiger partial charge in [0.15, 0.2) is 11.9 Å². The van der Waals surface area contributed by atoms with E-state index in [2.05, 4.69) is 34.1 Å². The molecule has 1 fully saturated rings.